The van der Waals surface area contributed by atoms with Crippen molar-refractivity contribution in [1.82, 2.24) is 0 Å². The third-order valence-corrected chi connectivity index (χ3v) is 3.34. The molecule has 1 aromatic carbocycles. The molecule has 80 valence electrons. The minimum Gasteiger partial charge on any atom is -0.382 e. The lowest BCUT2D eigenvalue weighted by molar-refractivity contribution is -0.167. The van der Waals surface area contributed by atoms with E-state index in [4.69, 9.17) is 9.31 Å². The summed E-state index contributed by atoms with van der Waals surface area (Å²) in [6.07, 6.45) is -0.0847. The van der Waals surface area contributed by atoms with Gasteiger partial charge in [-0.2, -0.15) is 0 Å². The van der Waals surface area contributed by atoms with Crippen LogP contribution in [0.3, 0.4) is 0 Å². The molecule has 1 heterocycles. The van der Waals surface area contributed by atoms with E-state index in [0.29, 0.717) is 0 Å². The lowest BCUT2D eigenvalue weighted by Crippen LogP contribution is -2.58. The molecule has 0 bridgehead atoms. The van der Waals surface area contributed by atoms with E-state index in [2.05, 4.69) is 49.4 Å². The second-order valence-electron chi connectivity index (χ2n) is 4.82. The van der Waals surface area contributed by atoms with Crippen molar-refractivity contribution in [1.29, 1.82) is 0 Å². The fourth-order valence-corrected chi connectivity index (χ4v) is 2.10. The van der Waals surface area contributed by atoms with Crippen LogP contribution in [0.25, 0.3) is 0 Å². The number of rotatable bonds is 1. The highest BCUT2D eigenvalue weighted by Gasteiger charge is 2.44. The molecule has 0 unspecified atom stereocenters. The Kier molecular flexibility index (Phi) is 3.10. The summed E-state index contributed by atoms with van der Waals surface area (Å²) in [5.74, 6) is 0. The van der Waals surface area contributed by atoms with Crippen molar-refractivity contribution in [3.63, 3.8) is 0 Å². The van der Waals surface area contributed by atoms with Crippen LogP contribution in [0.2, 0.25) is 0 Å². The van der Waals surface area contributed by atoms with Gasteiger partial charge >= 0.3 is 7.12 Å². The molecular weight excluding hydrogens is 302 g/mol. The van der Waals surface area contributed by atoms with E-state index in [1.54, 1.807) is 0 Å². The van der Waals surface area contributed by atoms with Crippen molar-refractivity contribution in [2.75, 3.05) is 0 Å². The molecule has 0 N–H and O–H groups in total. The molecule has 1 saturated heterocycles. The van der Waals surface area contributed by atoms with E-state index in [-0.39, 0.29) is 18.8 Å². The fraction of sp³-hybridized carbons (Fsp3) is 0.455. The van der Waals surface area contributed by atoms with Gasteiger partial charge in [-0.15, -0.1) is 0 Å². The summed E-state index contributed by atoms with van der Waals surface area (Å²) in [5, 5.41) is 0. The maximum atomic E-state index is 5.74. The minimum absolute atomic E-state index is 0.0523. The number of halogens is 1. The molecule has 0 aromatic heterocycles. The van der Waals surface area contributed by atoms with Gasteiger partial charge in [0.05, 0.1) is 0 Å². The molecule has 1 aliphatic rings. The van der Waals surface area contributed by atoms with E-state index < -0.39 is 0 Å². The van der Waals surface area contributed by atoms with Crippen LogP contribution >= 0.6 is 22.6 Å². The predicted molar refractivity (Wildman–Crippen MR) is 70.0 cm³/mol. The van der Waals surface area contributed by atoms with E-state index in [0.717, 1.165) is 5.46 Å². The number of benzene rings is 1. The smallest absolute Gasteiger partial charge is 0.382 e. The largest absolute Gasteiger partial charge is 0.498 e. The first-order chi connectivity index (χ1) is 6.98. The summed E-state index contributed by atoms with van der Waals surface area (Å²) >= 11 is 2.30. The molecule has 0 atom stereocenters. The highest BCUT2D eigenvalue weighted by molar-refractivity contribution is 14.1. The zero-order valence-corrected chi connectivity index (χ0v) is 11.3. The molecule has 15 heavy (non-hydrogen) atoms. The lowest BCUT2D eigenvalue weighted by atomic mass is 9.74. The average molecular weight is 316 g/mol. The molecule has 2 nitrogen and oxygen atoms in total. The first kappa shape index (κ1) is 11.4. The normalized spacial score (nSPS) is 17.7. The van der Waals surface area contributed by atoms with Gasteiger partial charge in [-0.1, -0.05) is 39.0 Å². The summed E-state index contributed by atoms with van der Waals surface area (Å²) in [4.78, 5) is 0. The van der Waals surface area contributed by atoms with Crippen LogP contribution in [0.4, 0.5) is 0 Å². The van der Waals surface area contributed by atoms with Crippen molar-refractivity contribution < 1.29 is 9.31 Å². The van der Waals surface area contributed by atoms with Crippen LogP contribution in [-0.4, -0.2) is 13.4 Å². The third kappa shape index (κ3) is 2.37. The van der Waals surface area contributed by atoms with Gasteiger partial charge in [0.2, 0.25) is 0 Å². The maximum Gasteiger partial charge on any atom is 0.498 e. The van der Waals surface area contributed by atoms with Gasteiger partial charge in [0, 0.05) is 8.99 Å². The number of hydrogen-bond donors (Lipinski definition) is 0. The molecule has 0 radical (unpaired) electrons. The van der Waals surface area contributed by atoms with Crippen molar-refractivity contribution in [3.8, 4) is 0 Å². The molecule has 4 heteroatoms. The molecule has 1 aromatic rings. The summed E-state index contributed by atoms with van der Waals surface area (Å²) < 4.78 is 12.7. The van der Waals surface area contributed by atoms with Gasteiger partial charge in [-0.25, -0.2) is 0 Å². The molecular formula is C11H14BIO2. The third-order valence-electron chi connectivity index (χ3n) is 2.36. The highest BCUT2D eigenvalue weighted by atomic mass is 127. The Morgan fingerprint density at radius 1 is 1.20 bits per heavy atom. The Morgan fingerprint density at radius 2 is 1.80 bits per heavy atom. The zero-order chi connectivity index (χ0) is 11.1. The Balaban J connectivity index is 2.04. The summed E-state index contributed by atoms with van der Waals surface area (Å²) in [5.41, 5.74) is 1.18. The van der Waals surface area contributed by atoms with E-state index in [9.17, 15) is 0 Å². The van der Waals surface area contributed by atoms with Gasteiger partial charge in [0.1, 0.15) is 6.29 Å². The monoisotopic (exact) mass is 316 g/mol. The maximum absolute atomic E-state index is 5.74. The Bertz CT molecular complexity index is 356. The second kappa shape index (κ2) is 4.07. The minimum atomic E-state index is -0.178. The zero-order valence-electron chi connectivity index (χ0n) is 9.16. The summed E-state index contributed by atoms with van der Waals surface area (Å²) in [6, 6.07) is 8.14. The average Bonchev–Trinajstić information content (AvgIpc) is 2.03. The van der Waals surface area contributed by atoms with E-state index in [1.807, 2.05) is 18.2 Å². The fourth-order valence-electron chi connectivity index (χ4n) is 1.46. The van der Waals surface area contributed by atoms with Crippen LogP contribution in [0.15, 0.2) is 24.3 Å². The van der Waals surface area contributed by atoms with Gasteiger partial charge in [-0.05, 0) is 34.1 Å². The molecule has 0 spiro atoms. The van der Waals surface area contributed by atoms with Crippen molar-refractivity contribution in [2.45, 2.75) is 27.1 Å². The van der Waals surface area contributed by atoms with Gasteiger partial charge in [0.25, 0.3) is 0 Å². The topological polar surface area (TPSA) is 18.5 Å². The first-order valence-electron chi connectivity index (χ1n) is 5.04. The van der Waals surface area contributed by atoms with E-state index in [1.165, 1.54) is 3.57 Å². The van der Waals surface area contributed by atoms with Gasteiger partial charge in [0.15, 0.2) is 0 Å². The lowest BCUT2D eigenvalue weighted by Gasteiger charge is -2.42. The Morgan fingerprint density at radius 3 is 2.33 bits per heavy atom. The standard InChI is InChI=1S/C11H14BIO2/c1-11(2,3)10-14-12(15-10)8-6-4-5-7-9(8)13/h4-7,10H,1-3H3. The summed E-state index contributed by atoms with van der Waals surface area (Å²) in [7, 11) is -0.178. The van der Waals surface area contributed by atoms with Gasteiger partial charge in [-0.3, -0.25) is 0 Å². The molecule has 1 aliphatic heterocycles. The van der Waals surface area contributed by atoms with Crippen LogP contribution < -0.4 is 5.46 Å². The molecule has 0 saturated carbocycles. The Hall–Kier alpha value is -0.0651. The quantitative estimate of drug-likeness (QED) is 0.585. The van der Waals surface area contributed by atoms with E-state index >= 15 is 0 Å². The van der Waals surface area contributed by atoms with Crippen molar-refractivity contribution in [2.24, 2.45) is 5.41 Å². The van der Waals surface area contributed by atoms with Crippen molar-refractivity contribution >= 4 is 35.2 Å². The molecule has 2 rings (SSSR count). The van der Waals surface area contributed by atoms with Gasteiger partial charge < -0.3 is 9.31 Å². The van der Waals surface area contributed by atoms with Crippen LogP contribution in [-0.2, 0) is 9.31 Å². The van der Waals surface area contributed by atoms with Crippen LogP contribution in [0.1, 0.15) is 20.8 Å². The molecule has 1 fully saturated rings. The van der Waals surface area contributed by atoms with Crippen LogP contribution in [0, 0.1) is 8.99 Å². The second-order valence-corrected chi connectivity index (χ2v) is 5.99. The first-order valence-corrected chi connectivity index (χ1v) is 6.12. The molecule has 0 amide bonds. The summed E-state index contributed by atoms with van der Waals surface area (Å²) in [6.45, 7) is 6.34. The SMILES string of the molecule is CC(C)(C)C1OB(c2ccccc2I)O1. The highest BCUT2D eigenvalue weighted by Crippen LogP contribution is 2.30. The predicted octanol–water partition coefficient (Wildman–Crippen LogP) is 2.41. The van der Waals surface area contributed by atoms with Crippen LogP contribution in [0.5, 0.6) is 0 Å². The Labute approximate surface area is 105 Å². The molecule has 0 aliphatic carbocycles. The number of hydrogen-bond acceptors (Lipinski definition) is 2. The van der Waals surface area contributed by atoms with Crippen molar-refractivity contribution in [3.05, 3.63) is 27.8 Å².